The van der Waals surface area contributed by atoms with Gasteiger partial charge in [0.1, 0.15) is 4.66 Å². The standard InChI is InChI=1S/C15H22BrNO2S/c1-13-2-4-14(5-3-13)6-7-15-8-10-17(11-9-15)20(18,19)12-16/h2-5,15H,6-12H2,1H3. The number of sulfonamides is 1. The Kier molecular flexibility index (Phi) is 5.64. The van der Waals surface area contributed by atoms with Gasteiger partial charge in [0, 0.05) is 13.1 Å². The highest BCUT2D eigenvalue weighted by atomic mass is 79.9. The molecular formula is C15H22BrNO2S. The van der Waals surface area contributed by atoms with E-state index >= 15 is 0 Å². The van der Waals surface area contributed by atoms with Gasteiger partial charge >= 0.3 is 0 Å². The van der Waals surface area contributed by atoms with Crippen LogP contribution in [0.1, 0.15) is 30.4 Å². The van der Waals surface area contributed by atoms with E-state index in [1.165, 1.54) is 11.1 Å². The first-order chi connectivity index (χ1) is 9.51. The van der Waals surface area contributed by atoms with Gasteiger partial charge in [0.15, 0.2) is 0 Å². The summed E-state index contributed by atoms with van der Waals surface area (Å²) in [6, 6.07) is 8.69. The van der Waals surface area contributed by atoms with Crippen LogP contribution in [0, 0.1) is 12.8 Å². The van der Waals surface area contributed by atoms with Crippen molar-refractivity contribution >= 4 is 26.0 Å². The molecule has 1 aliphatic heterocycles. The maximum Gasteiger partial charge on any atom is 0.224 e. The first-order valence-electron chi connectivity index (χ1n) is 7.10. The Hall–Kier alpha value is -0.390. The van der Waals surface area contributed by atoms with Gasteiger partial charge in [0.2, 0.25) is 10.0 Å². The molecule has 5 heteroatoms. The number of halogens is 1. The van der Waals surface area contributed by atoms with Crippen LogP contribution in [0.2, 0.25) is 0 Å². The highest BCUT2D eigenvalue weighted by Gasteiger charge is 2.26. The molecule has 0 aromatic heterocycles. The molecule has 112 valence electrons. The second-order valence-electron chi connectivity index (χ2n) is 5.59. The van der Waals surface area contributed by atoms with E-state index in [0.717, 1.165) is 25.7 Å². The lowest BCUT2D eigenvalue weighted by atomic mass is 9.91. The smallest absolute Gasteiger partial charge is 0.211 e. The molecule has 0 bridgehead atoms. The SMILES string of the molecule is Cc1ccc(CCC2CCN(S(=O)(=O)CBr)CC2)cc1. The number of piperidine rings is 1. The molecule has 3 nitrogen and oxygen atoms in total. The molecule has 0 amide bonds. The Bertz CT molecular complexity index is 519. The third kappa shape index (κ3) is 4.30. The molecule has 0 radical (unpaired) electrons. The zero-order valence-corrected chi connectivity index (χ0v) is 14.3. The van der Waals surface area contributed by atoms with Gasteiger partial charge in [-0.3, -0.25) is 0 Å². The number of benzene rings is 1. The maximum atomic E-state index is 11.8. The van der Waals surface area contributed by atoms with Gasteiger partial charge in [0.05, 0.1) is 0 Å². The van der Waals surface area contributed by atoms with E-state index in [1.54, 1.807) is 4.31 Å². The normalized spacial score (nSPS) is 18.3. The van der Waals surface area contributed by atoms with Crippen molar-refractivity contribution in [2.45, 2.75) is 32.6 Å². The molecule has 1 aromatic carbocycles. The van der Waals surface area contributed by atoms with Gasteiger partial charge in [-0.15, -0.1) is 0 Å². The van der Waals surface area contributed by atoms with Crippen molar-refractivity contribution in [3.05, 3.63) is 35.4 Å². The molecule has 2 rings (SSSR count). The summed E-state index contributed by atoms with van der Waals surface area (Å²) < 4.78 is 25.2. The van der Waals surface area contributed by atoms with Crippen LogP contribution in [0.25, 0.3) is 0 Å². The summed E-state index contributed by atoms with van der Waals surface area (Å²) in [7, 11) is -3.07. The summed E-state index contributed by atoms with van der Waals surface area (Å²) in [6.07, 6.45) is 4.22. The molecule has 0 saturated carbocycles. The highest BCUT2D eigenvalue weighted by Crippen LogP contribution is 2.24. The Balaban J connectivity index is 1.79. The zero-order chi connectivity index (χ0) is 14.6. The monoisotopic (exact) mass is 359 g/mol. The highest BCUT2D eigenvalue weighted by molar-refractivity contribution is 9.10. The summed E-state index contributed by atoms with van der Waals surface area (Å²) in [5.41, 5.74) is 2.67. The first-order valence-corrected chi connectivity index (χ1v) is 9.83. The second kappa shape index (κ2) is 7.05. The number of hydrogen-bond donors (Lipinski definition) is 0. The third-order valence-corrected chi connectivity index (χ3v) is 7.23. The first kappa shape index (κ1) is 16.0. The Morgan fingerprint density at radius 2 is 1.80 bits per heavy atom. The molecule has 0 unspecified atom stereocenters. The minimum absolute atomic E-state index is 0.0357. The van der Waals surface area contributed by atoms with E-state index in [2.05, 4.69) is 47.1 Å². The lowest BCUT2D eigenvalue weighted by Crippen LogP contribution is -2.38. The summed E-state index contributed by atoms with van der Waals surface area (Å²) in [4.78, 5) is 0. The summed E-state index contributed by atoms with van der Waals surface area (Å²) in [5, 5.41) is 0. The molecule has 0 atom stereocenters. The van der Waals surface area contributed by atoms with Crippen molar-refractivity contribution in [1.82, 2.24) is 4.31 Å². The zero-order valence-electron chi connectivity index (χ0n) is 11.9. The molecular weight excluding hydrogens is 338 g/mol. The van der Waals surface area contributed by atoms with E-state index < -0.39 is 10.0 Å². The average molecular weight is 360 g/mol. The predicted molar refractivity (Wildman–Crippen MR) is 86.5 cm³/mol. The Morgan fingerprint density at radius 1 is 1.20 bits per heavy atom. The van der Waals surface area contributed by atoms with E-state index in [4.69, 9.17) is 0 Å². The fourth-order valence-electron chi connectivity index (χ4n) is 2.67. The summed E-state index contributed by atoms with van der Waals surface area (Å²) in [5.74, 6) is 0.651. The predicted octanol–water partition coefficient (Wildman–Crippen LogP) is 3.32. The lowest BCUT2D eigenvalue weighted by molar-refractivity contribution is 0.264. The van der Waals surface area contributed by atoms with Crippen molar-refractivity contribution < 1.29 is 8.42 Å². The molecule has 0 aliphatic carbocycles. The molecule has 1 fully saturated rings. The number of rotatable bonds is 5. The number of nitrogens with zero attached hydrogens (tertiary/aromatic N) is 1. The van der Waals surface area contributed by atoms with Crippen LogP contribution >= 0.6 is 15.9 Å². The van der Waals surface area contributed by atoms with Crippen LogP contribution in [0.15, 0.2) is 24.3 Å². The van der Waals surface area contributed by atoms with E-state index in [9.17, 15) is 8.42 Å². The fourth-order valence-corrected chi connectivity index (χ4v) is 4.44. The van der Waals surface area contributed by atoms with Crippen molar-refractivity contribution in [2.75, 3.05) is 17.8 Å². The van der Waals surface area contributed by atoms with Crippen LogP contribution in [-0.4, -0.2) is 30.5 Å². The van der Waals surface area contributed by atoms with Crippen molar-refractivity contribution in [3.63, 3.8) is 0 Å². The van der Waals surface area contributed by atoms with Gasteiger partial charge in [0.25, 0.3) is 0 Å². The van der Waals surface area contributed by atoms with Crippen LogP contribution in [0.5, 0.6) is 0 Å². The van der Waals surface area contributed by atoms with Crippen molar-refractivity contribution in [1.29, 1.82) is 0 Å². The Labute approximate surface area is 130 Å². The summed E-state index contributed by atoms with van der Waals surface area (Å²) >= 11 is 3.06. The topological polar surface area (TPSA) is 37.4 Å². The van der Waals surface area contributed by atoms with Crippen LogP contribution in [0.3, 0.4) is 0 Å². The number of aryl methyl sites for hydroxylation is 2. The largest absolute Gasteiger partial charge is 0.224 e. The second-order valence-corrected chi connectivity index (χ2v) is 8.86. The lowest BCUT2D eigenvalue weighted by Gasteiger charge is -2.30. The number of alkyl halides is 1. The molecule has 0 spiro atoms. The summed E-state index contributed by atoms with van der Waals surface area (Å²) in [6.45, 7) is 3.45. The van der Waals surface area contributed by atoms with Gasteiger partial charge < -0.3 is 0 Å². The van der Waals surface area contributed by atoms with E-state index in [-0.39, 0.29) is 4.66 Å². The molecule has 1 aliphatic rings. The van der Waals surface area contributed by atoms with Crippen LogP contribution in [0.4, 0.5) is 0 Å². The molecule has 1 aromatic rings. The quantitative estimate of drug-likeness (QED) is 0.756. The van der Waals surface area contributed by atoms with Gasteiger partial charge in [-0.1, -0.05) is 45.8 Å². The van der Waals surface area contributed by atoms with Gasteiger partial charge in [-0.25, -0.2) is 12.7 Å². The van der Waals surface area contributed by atoms with Crippen molar-refractivity contribution in [2.24, 2.45) is 5.92 Å². The Morgan fingerprint density at radius 3 is 2.35 bits per heavy atom. The van der Waals surface area contributed by atoms with Gasteiger partial charge in [-0.2, -0.15) is 0 Å². The van der Waals surface area contributed by atoms with Gasteiger partial charge in [-0.05, 0) is 44.1 Å². The average Bonchev–Trinajstić information content (AvgIpc) is 2.47. The van der Waals surface area contributed by atoms with Crippen LogP contribution < -0.4 is 0 Å². The van der Waals surface area contributed by atoms with E-state index in [1.807, 2.05) is 0 Å². The number of hydrogen-bond acceptors (Lipinski definition) is 2. The maximum absolute atomic E-state index is 11.8. The van der Waals surface area contributed by atoms with E-state index in [0.29, 0.717) is 19.0 Å². The minimum atomic E-state index is -3.07. The molecule has 1 heterocycles. The van der Waals surface area contributed by atoms with Crippen LogP contribution in [-0.2, 0) is 16.4 Å². The third-order valence-electron chi connectivity index (χ3n) is 4.07. The molecule has 0 N–H and O–H groups in total. The fraction of sp³-hybridized carbons (Fsp3) is 0.600. The minimum Gasteiger partial charge on any atom is -0.211 e. The molecule has 20 heavy (non-hydrogen) atoms. The van der Waals surface area contributed by atoms with Crippen molar-refractivity contribution in [3.8, 4) is 0 Å². The molecule has 1 saturated heterocycles.